The molecular formula is C17H20INO3. The monoisotopic (exact) mass is 413 g/mol. The lowest BCUT2D eigenvalue weighted by Gasteiger charge is -2.32. The molecular weight excluding hydrogens is 393 g/mol. The number of carbonyl (C=O) groups is 2. The molecule has 0 unspecified atom stereocenters. The molecule has 0 fully saturated rings. The summed E-state index contributed by atoms with van der Waals surface area (Å²) in [6.07, 6.45) is 5.22. The predicted octanol–water partition coefficient (Wildman–Crippen LogP) is 3.26. The van der Waals surface area contributed by atoms with Gasteiger partial charge in [-0.3, -0.25) is 4.79 Å². The Balaban J connectivity index is 2.41. The van der Waals surface area contributed by atoms with Crippen LogP contribution in [0.25, 0.3) is 6.08 Å². The van der Waals surface area contributed by atoms with Crippen LogP contribution in [0, 0.1) is 0 Å². The van der Waals surface area contributed by atoms with Crippen LogP contribution in [0.1, 0.15) is 40.2 Å². The average Bonchev–Trinajstić information content (AvgIpc) is 2.54. The van der Waals surface area contributed by atoms with Crippen LogP contribution >= 0.6 is 22.6 Å². The quantitative estimate of drug-likeness (QED) is 0.322. The SMILES string of the molecule is COC(=O)/C=C/c1cccc2c1C(=O)N(C)C[C@H]2CCCI. The molecule has 4 nitrogen and oxygen atoms in total. The fourth-order valence-electron chi connectivity index (χ4n) is 2.81. The molecule has 5 heteroatoms. The first-order valence-electron chi connectivity index (χ1n) is 7.28. The second-order valence-electron chi connectivity index (χ2n) is 5.38. The van der Waals surface area contributed by atoms with Gasteiger partial charge in [-0.1, -0.05) is 40.8 Å². The van der Waals surface area contributed by atoms with E-state index in [2.05, 4.69) is 27.3 Å². The lowest BCUT2D eigenvalue weighted by Crippen LogP contribution is -2.37. The topological polar surface area (TPSA) is 46.6 Å². The second-order valence-corrected chi connectivity index (χ2v) is 6.46. The summed E-state index contributed by atoms with van der Waals surface area (Å²) in [5, 5.41) is 0. The normalized spacial score (nSPS) is 17.7. The van der Waals surface area contributed by atoms with Crippen molar-refractivity contribution in [3.05, 3.63) is 41.0 Å². The summed E-state index contributed by atoms with van der Waals surface area (Å²) in [4.78, 5) is 25.6. The highest BCUT2D eigenvalue weighted by Gasteiger charge is 2.30. The van der Waals surface area contributed by atoms with E-state index in [9.17, 15) is 9.59 Å². The molecule has 1 heterocycles. The van der Waals surface area contributed by atoms with Gasteiger partial charge in [0.2, 0.25) is 0 Å². The number of alkyl halides is 1. The van der Waals surface area contributed by atoms with E-state index in [1.165, 1.54) is 13.2 Å². The molecule has 0 saturated heterocycles. The fourth-order valence-corrected chi connectivity index (χ4v) is 3.25. The summed E-state index contributed by atoms with van der Waals surface area (Å²) in [5.41, 5.74) is 2.59. The molecule has 0 aliphatic carbocycles. The molecule has 1 amide bonds. The summed E-state index contributed by atoms with van der Waals surface area (Å²) in [7, 11) is 3.18. The Morgan fingerprint density at radius 1 is 1.50 bits per heavy atom. The number of fused-ring (bicyclic) bond motifs is 1. The maximum Gasteiger partial charge on any atom is 0.330 e. The van der Waals surface area contributed by atoms with Gasteiger partial charge in [-0.05, 0) is 34.5 Å². The molecule has 22 heavy (non-hydrogen) atoms. The van der Waals surface area contributed by atoms with E-state index >= 15 is 0 Å². The first-order chi connectivity index (χ1) is 10.6. The van der Waals surface area contributed by atoms with Crippen molar-refractivity contribution in [1.82, 2.24) is 4.90 Å². The number of esters is 1. The second kappa shape index (κ2) is 7.76. The van der Waals surface area contributed by atoms with Gasteiger partial charge in [0, 0.05) is 25.6 Å². The van der Waals surface area contributed by atoms with Gasteiger partial charge in [0.1, 0.15) is 0 Å². The van der Waals surface area contributed by atoms with E-state index in [-0.39, 0.29) is 5.91 Å². The Bertz CT molecular complexity index is 598. The van der Waals surface area contributed by atoms with Gasteiger partial charge in [0.25, 0.3) is 5.91 Å². The third-order valence-electron chi connectivity index (χ3n) is 3.91. The number of likely N-dealkylation sites (N-methyl/N-ethyl adjacent to an activating group) is 1. The lowest BCUT2D eigenvalue weighted by atomic mass is 9.84. The average molecular weight is 413 g/mol. The molecule has 0 aromatic heterocycles. The van der Waals surface area contributed by atoms with Gasteiger partial charge in [-0.2, -0.15) is 0 Å². The highest BCUT2D eigenvalue weighted by Crippen LogP contribution is 2.33. The summed E-state index contributed by atoms with van der Waals surface area (Å²) < 4.78 is 5.73. The molecule has 1 aliphatic heterocycles. The number of amides is 1. The number of nitrogens with zero attached hydrogens (tertiary/aromatic N) is 1. The first kappa shape index (κ1) is 17.0. The smallest absolute Gasteiger partial charge is 0.330 e. The Kier molecular flexibility index (Phi) is 5.99. The largest absolute Gasteiger partial charge is 0.466 e. The summed E-state index contributed by atoms with van der Waals surface area (Å²) in [5.74, 6) is -0.0412. The van der Waals surface area contributed by atoms with Crippen molar-refractivity contribution in [1.29, 1.82) is 0 Å². The van der Waals surface area contributed by atoms with Crippen LogP contribution < -0.4 is 0 Å². The predicted molar refractivity (Wildman–Crippen MR) is 95.3 cm³/mol. The molecule has 118 valence electrons. The third kappa shape index (κ3) is 3.69. The number of rotatable bonds is 5. The van der Waals surface area contributed by atoms with Crippen LogP contribution in [0.4, 0.5) is 0 Å². The van der Waals surface area contributed by atoms with Crippen LogP contribution in [-0.2, 0) is 9.53 Å². The number of hydrogen-bond donors (Lipinski definition) is 0. The Morgan fingerprint density at radius 3 is 2.95 bits per heavy atom. The van der Waals surface area contributed by atoms with Crippen LogP contribution in [0.5, 0.6) is 0 Å². The Labute approximate surface area is 144 Å². The molecule has 1 atom stereocenters. The number of benzene rings is 1. The zero-order valence-corrected chi connectivity index (χ0v) is 15.0. The van der Waals surface area contributed by atoms with Crippen molar-refractivity contribution in [2.75, 3.05) is 25.1 Å². The van der Waals surface area contributed by atoms with E-state index < -0.39 is 5.97 Å². The zero-order valence-electron chi connectivity index (χ0n) is 12.8. The summed E-state index contributed by atoms with van der Waals surface area (Å²) in [6.45, 7) is 0.757. The summed E-state index contributed by atoms with van der Waals surface area (Å²) in [6, 6.07) is 5.85. The maximum absolute atomic E-state index is 12.5. The Morgan fingerprint density at radius 2 is 2.27 bits per heavy atom. The van der Waals surface area contributed by atoms with Crippen LogP contribution in [0.2, 0.25) is 0 Å². The van der Waals surface area contributed by atoms with Crippen LogP contribution in [0.15, 0.2) is 24.3 Å². The van der Waals surface area contributed by atoms with Gasteiger partial charge in [0.15, 0.2) is 0 Å². The minimum atomic E-state index is -0.421. The van der Waals surface area contributed by atoms with Gasteiger partial charge < -0.3 is 9.64 Å². The van der Waals surface area contributed by atoms with E-state index in [1.54, 1.807) is 11.0 Å². The minimum Gasteiger partial charge on any atom is -0.466 e. The molecule has 0 N–H and O–H groups in total. The number of hydrogen-bond acceptors (Lipinski definition) is 3. The van der Waals surface area contributed by atoms with E-state index in [1.807, 2.05) is 25.2 Å². The molecule has 0 bridgehead atoms. The number of methoxy groups -OCH3 is 1. The van der Waals surface area contributed by atoms with Crippen molar-refractivity contribution in [3.8, 4) is 0 Å². The summed E-state index contributed by atoms with van der Waals surface area (Å²) >= 11 is 2.38. The lowest BCUT2D eigenvalue weighted by molar-refractivity contribution is -0.134. The number of halogens is 1. The molecule has 0 saturated carbocycles. The molecule has 2 rings (SSSR count). The maximum atomic E-state index is 12.5. The molecule has 1 aromatic rings. The van der Waals surface area contributed by atoms with E-state index in [0.717, 1.165) is 40.5 Å². The highest BCUT2D eigenvalue weighted by atomic mass is 127. The molecule has 1 aromatic carbocycles. The number of carbonyl (C=O) groups excluding carboxylic acids is 2. The van der Waals surface area contributed by atoms with Crippen molar-refractivity contribution in [2.45, 2.75) is 18.8 Å². The Hall–Kier alpha value is -1.37. The van der Waals surface area contributed by atoms with Gasteiger partial charge in [0.05, 0.1) is 12.7 Å². The standard InChI is InChI=1S/C17H20INO3/c1-19-11-13(6-4-10-18)14-7-3-5-12(16(14)17(19)21)8-9-15(20)22-2/h3,5,7-9,13H,4,6,10-11H2,1-2H3/b9-8+/t13-/m1/s1. The highest BCUT2D eigenvalue weighted by molar-refractivity contribution is 14.1. The van der Waals surface area contributed by atoms with E-state index in [0.29, 0.717) is 5.92 Å². The van der Waals surface area contributed by atoms with Crippen LogP contribution in [-0.4, -0.2) is 41.9 Å². The van der Waals surface area contributed by atoms with Gasteiger partial charge in [-0.25, -0.2) is 4.79 Å². The molecule has 1 aliphatic rings. The van der Waals surface area contributed by atoms with Gasteiger partial charge >= 0.3 is 5.97 Å². The zero-order chi connectivity index (χ0) is 16.1. The van der Waals surface area contributed by atoms with Crippen molar-refractivity contribution in [2.24, 2.45) is 0 Å². The first-order valence-corrected chi connectivity index (χ1v) is 8.81. The molecule has 0 spiro atoms. The van der Waals surface area contributed by atoms with Crippen molar-refractivity contribution in [3.63, 3.8) is 0 Å². The fraction of sp³-hybridized carbons (Fsp3) is 0.412. The van der Waals surface area contributed by atoms with Crippen LogP contribution in [0.3, 0.4) is 0 Å². The van der Waals surface area contributed by atoms with Crippen molar-refractivity contribution < 1.29 is 14.3 Å². The van der Waals surface area contributed by atoms with Gasteiger partial charge in [-0.15, -0.1) is 0 Å². The van der Waals surface area contributed by atoms with E-state index in [4.69, 9.17) is 0 Å². The van der Waals surface area contributed by atoms with Crippen molar-refractivity contribution >= 4 is 40.5 Å². The molecule has 0 radical (unpaired) electrons. The third-order valence-corrected chi connectivity index (χ3v) is 4.67. The minimum absolute atomic E-state index is 0.0193. The number of ether oxygens (including phenoxy) is 1.